The fraction of sp³-hybridized carbons (Fsp3) is 0.143. The second-order valence-corrected chi connectivity index (χ2v) is 4.72. The first kappa shape index (κ1) is 13.1. The van der Waals surface area contributed by atoms with E-state index in [4.69, 9.17) is 10.5 Å². The van der Waals surface area contributed by atoms with E-state index in [-0.39, 0.29) is 5.75 Å². The van der Waals surface area contributed by atoms with Crippen LogP contribution in [0.25, 0.3) is 0 Å². The van der Waals surface area contributed by atoms with Gasteiger partial charge in [0.2, 0.25) is 0 Å². The number of halogens is 2. The van der Waals surface area contributed by atoms with Crippen LogP contribution in [0.2, 0.25) is 0 Å². The fourth-order valence-corrected chi connectivity index (χ4v) is 2.20. The molecule has 0 bridgehead atoms. The average molecular weight is 310 g/mol. The summed E-state index contributed by atoms with van der Waals surface area (Å²) < 4.78 is 19.9. The Balaban J connectivity index is 2.15. The van der Waals surface area contributed by atoms with Gasteiger partial charge in [-0.3, -0.25) is 0 Å². The third-order valence-corrected chi connectivity index (χ3v) is 3.11. The number of hydrogen-bond acceptors (Lipinski definition) is 2. The van der Waals surface area contributed by atoms with Crippen LogP contribution in [0.5, 0.6) is 5.75 Å². The maximum Gasteiger partial charge on any atom is 0.169 e. The smallest absolute Gasteiger partial charge is 0.169 e. The summed E-state index contributed by atoms with van der Waals surface area (Å²) in [5.41, 5.74) is 7.19. The SMILES string of the molecule is NCc1cc(F)c(OCc2ccccc2)c(Br)c1. The normalized spacial score (nSPS) is 10.4. The van der Waals surface area contributed by atoms with E-state index < -0.39 is 5.82 Å². The molecule has 0 aliphatic carbocycles. The van der Waals surface area contributed by atoms with E-state index in [0.29, 0.717) is 17.6 Å². The molecule has 0 aliphatic heterocycles. The molecule has 2 nitrogen and oxygen atoms in total. The molecule has 0 atom stereocenters. The molecule has 2 N–H and O–H groups in total. The van der Waals surface area contributed by atoms with Gasteiger partial charge in [-0.05, 0) is 39.2 Å². The Kier molecular flexibility index (Phi) is 4.33. The first-order valence-corrected chi connectivity index (χ1v) is 6.34. The summed E-state index contributed by atoms with van der Waals surface area (Å²) in [6.07, 6.45) is 0. The van der Waals surface area contributed by atoms with E-state index in [1.807, 2.05) is 30.3 Å². The summed E-state index contributed by atoms with van der Waals surface area (Å²) in [7, 11) is 0. The van der Waals surface area contributed by atoms with Crippen LogP contribution in [0.15, 0.2) is 46.9 Å². The van der Waals surface area contributed by atoms with E-state index >= 15 is 0 Å². The zero-order valence-corrected chi connectivity index (χ0v) is 11.3. The molecule has 0 fully saturated rings. The minimum Gasteiger partial charge on any atom is -0.485 e. The van der Waals surface area contributed by atoms with Gasteiger partial charge in [-0.25, -0.2) is 4.39 Å². The Bertz CT molecular complexity index is 508. The molecule has 0 spiro atoms. The van der Waals surface area contributed by atoms with Crippen molar-refractivity contribution in [2.24, 2.45) is 5.73 Å². The Morgan fingerprint density at radius 2 is 1.83 bits per heavy atom. The lowest BCUT2D eigenvalue weighted by Gasteiger charge is -2.10. The van der Waals surface area contributed by atoms with Crippen LogP contribution in [0.1, 0.15) is 11.1 Å². The zero-order chi connectivity index (χ0) is 13.0. The molecule has 0 amide bonds. The van der Waals surface area contributed by atoms with Crippen molar-refractivity contribution < 1.29 is 9.13 Å². The molecule has 2 rings (SSSR count). The lowest BCUT2D eigenvalue weighted by Crippen LogP contribution is -2.01. The van der Waals surface area contributed by atoms with Crippen molar-refractivity contribution >= 4 is 15.9 Å². The van der Waals surface area contributed by atoms with E-state index in [0.717, 1.165) is 11.1 Å². The quantitative estimate of drug-likeness (QED) is 0.936. The molecule has 0 unspecified atom stereocenters. The molecule has 4 heteroatoms. The van der Waals surface area contributed by atoms with Crippen molar-refractivity contribution in [1.82, 2.24) is 0 Å². The van der Waals surface area contributed by atoms with Gasteiger partial charge in [-0.2, -0.15) is 0 Å². The largest absolute Gasteiger partial charge is 0.485 e. The number of hydrogen-bond donors (Lipinski definition) is 1. The van der Waals surface area contributed by atoms with Crippen LogP contribution >= 0.6 is 15.9 Å². The second kappa shape index (κ2) is 5.98. The maximum absolute atomic E-state index is 13.8. The zero-order valence-electron chi connectivity index (χ0n) is 9.70. The number of nitrogens with two attached hydrogens (primary N) is 1. The standard InChI is InChI=1S/C14H13BrFNO/c15-12-6-11(8-17)7-13(16)14(12)18-9-10-4-2-1-3-5-10/h1-7H,8-9,17H2. The van der Waals surface area contributed by atoms with Crippen molar-refractivity contribution in [3.8, 4) is 5.75 Å². The van der Waals surface area contributed by atoms with Gasteiger partial charge in [0.05, 0.1) is 4.47 Å². The van der Waals surface area contributed by atoms with Gasteiger partial charge in [0, 0.05) is 6.54 Å². The lowest BCUT2D eigenvalue weighted by atomic mass is 10.2. The second-order valence-electron chi connectivity index (χ2n) is 3.87. The Labute approximate surface area is 114 Å². The molecule has 0 saturated carbocycles. The number of benzene rings is 2. The third-order valence-electron chi connectivity index (χ3n) is 2.52. The van der Waals surface area contributed by atoms with Crippen LogP contribution < -0.4 is 10.5 Å². The summed E-state index contributed by atoms with van der Waals surface area (Å²) in [4.78, 5) is 0. The fourth-order valence-electron chi connectivity index (χ4n) is 1.60. The molecule has 0 heterocycles. The summed E-state index contributed by atoms with van der Waals surface area (Å²) in [6, 6.07) is 12.8. The predicted octanol–water partition coefficient (Wildman–Crippen LogP) is 3.63. The molecule has 18 heavy (non-hydrogen) atoms. The van der Waals surface area contributed by atoms with Gasteiger partial charge in [0.25, 0.3) is 0 Å². The van der Waals surface area contributed by atoms with Gasteiger partial charge >= 0.3 is 0 Å². The van der Waals surface area contributed by atoms with Crippen molar-refractivity contribution in [1.29, 1.82) is 0 Å². The minimum atomic E-state index is -0.402. The van der Waals surface area contributed by atoms with Crippen LogP contribution in [0, 0.1) is 5.82 Å². The summed E-state index contributed by atoms with van der Waals surface area (Å²) in [6.45, 7) is 0.632. The van der Waals surface area contributed by atoms with Gasteiger partial charge in [-0.1, -0.05) is 30.3 Å². The van der Waals surface area contributed by atoms with Crippen LogP contribution in [0.4, 0.5) is 4.39 Å². The minimum absolute atomic E-state index is 0.219. The highest BCUT2D eigenvalue weighted by Gasteiger charge is 2.10. The highest BCUT2D eigenvalue weighted by atomic mass is 79.9. The molecule has 0 saturated heterocycles. The Hall–Kier alpha value is -1.39. The Morgan fingerprint density at radius 1 is 1.11 bits per heavy atom. The number of rotatable bonds is 4. The van der Waals surface area contributed by atoms with Gasteiger partial charge in [0.1, 0.15) is 6.61 Å². The van der Waals surface area contributed by atoms with E-state index in [9.17, 15) is 4.39 Å². The third kappa shape index (κ3) is 3.09. The monoisotopic (exact) mass is 309 g/mol. The van der Waals surface area contributed by atoms with Crippen LogP contribution in [0.3, 0.4) is 0 Å². The summed E-state index contributed by atoms with van der Waals surface area (Å²) in [5, 5.41) is 0. The Morgan fingerprint density at radius 3 is 2.44 bits per heavy atom. The molecular weight excluding hydrogens is 297 g/mol. The molecule has 0 aromatic heterocycles. The highest BCUT2D eigenvalue weighted by Crippen LogP contribution is 2.30. The van der Waals surface area contributed by atoms with Gasteiger partial charge < -0.3 is 10.5 Å². The predicted molar refractivity (Wildman–Crippen MR) is 72.8 cm³/mol. The molecule has 2 aromatic rings. The number of ether oxygens (including phenoxy) is 1. The average Bonchev–Trinajstić information content (AvgIpc) is 2.38. The van der Waals surface area contributed by atoms with Gasteiger partial charge in [-0.15, -0.1) is 0 Å². The van der Waals surface area contributed by atoms with Crippen molar-refractivity contribution in [2.75, 3.05) is 0 Å². The van der Waals surface area contributed by atoms with Crippen molar-refractivity contribution in [3.05, 3.63) is 63.9 Å². The first-order valence-electron chi connectivity index (χ1n) is 5.55. The molecular formula is C14H13BrFNO. The van der Waals surface area contributed by atoms with Crippen LogP contribution in [-0.4, -0.2) is 0 Å². The van der Waals surface area contributed by atoms with Crippen LogP contribution in [-0.2, 0) is 13.2 Å². The topological polar surface area (TPSA) is 35.2 Å². The maximum atomic E-state index is 13.8. The first-order chi connectivity index (χ1) is 8.70. The summed E-state index contributed by atoms with van der Waals surface area (Å²) in [5.74, 6) is -0.184. The van der Waals surface area contributed by atoms with Crippen molar-refractivity contribution in [3.63, 3.8) is 0 Å². The van der Waals surface area contributed by atoms with E-state index in [2.05, 4.69) is 15.9 Å². The summed E-state index contributed by atoms with van der Waals surface area (Å²) >= 11 is 3.29. The van der Waals surface area contributed by atoms with Crippen molar-refractivity contribution in [2.45, 2.75) is 13.2 Å². The molecule has 0 aliphatic rings. The van der Waals surface area contributed by atoms with E-state index in [1.54, 1.807) is 6.07 Å². The highest BCUT2D eigenvalue weighted by molar-refractivity contribution is 9.10. The molecule has 94 valence electrons. The van der Waals surface area contributed by atoms with Gasteiger partial charge in [0.15, 0.2) is 11.6 Å². The lowest BCUT2D eigenvalue weighted by molar-refractivity contribution is 0.288. The molecule has 0 radical (unpaired) electrons. The molecule has 2 aromatic carbocycles. The van der Waals surface area contributed by atoms with E-state index in [1.165, 1.54) is 6.07 Å².